The minimum absolute atomic E-state index is 0.0934. The summed E-state index contributed by atoms with van der Waals surface area (Å²) in [6, 6.07) is 5.79. The lowest BCUT2D eigenvalue weighted by molar-refractivity contribution is -0.137. The van der Waals surface area contributed by atoms with Crippen molar-refractivity contribution in [1.29, 1.82) is 0 Å². The van der Waals surface area contributed by atoms with Gasteiger partial charge in [-0.2, -0.15) is 0 Å². The van der Waals surface area contributed by atoms with E-state index < -0.39 is 5.97 Å². The molecule has 0 aliphatic carbocycles. The van der Waals surface area contributed by atoms with E-state index in [4.69, 9.17) is 14.7 Å². The fourth-order valence-electron chi connectivity index (χ4n) is 1.92. The molecule has 0 fully saturated rings. The van der Waals surface area contributed by atoms with Crippen molar-refractivity contribution in [2.75, 3.05) is 13.2 Å². The third-order valence-corrected chi connectivity index (χ3v) is 3.36. The molecule has 2 rings (SSSR count). The lowest BCUT2D eigenvalue weighted by Crippen LogP contribution is -2.03. The molecular formula is C14H16BrNO4. The SMILES string of the molecule is O=C(O)CCCO/N=C1\CCCOc2ccc(Br)cc21. The van der Waals surface area contributed by atoms with Crippen molar-refractivity contribution in [1.82, 2.24) is 0 Å². The van der Waals surface area contributed by atoms with E-state index in [1.54, 1.807) is 0 Å². The predicted octanol–water partition coefficient (Wildman–Crippen LogP) is 3.21. The normalized spacial score (nSPS) is 16.1. The molecule has 6 heteroatoms. The van der Waals surface area contributed by atoms with E-state index >= 15 is 0 Å². The number of fused-ring (bicyclic) bond motifs is 1. The summed E-state index contributed by atoms with van der Waals surface area (Å²) < 4.78 is 6.62. The van der Waals surface area contributed by atoms with Crippen LogP contribution in [0.15, 0.2) is 27.8 Å². The number of hydrogen-bond donors (Lipinski definition) is 1. The van der Waals surface area contributed by atoms with Gasteiger partial charge in [0.25, 0.3) is 0 Å². The highest BCUT2D eigenvalue weighted by atomic mass is 79.9. The fourth-order valence-corrected chi connectivity index (χ4v) is 2.28. The zero-order valence-corrected chi connectivity index (χ0v) is 12.6. The van der Waals surface area contributed by atoms with Crippen LogP contribution in [0.25, 0.3) is 0 Å². The van der Waals surface area contributed by atoms with Gasteiger partial charge in [0.15, 0.2) is 0 Å². The Morgan fingerprint density at radius 2 is 2.35 bits per heavy atom. The smallest absolute Gasteiger partial charge is 0.303 e. The first-order valence-corrected chi connectivity index (χ1v) is 7.29. The van der Waals surface area contributed by atoms with Gasteiger partial charge in [0.05, 0.1) is 12.3 Å². The van der Waals surface area contributed by atoms with Gasteiger partial charge in [-0.3, -0.25) is 4.79 Å². The summed E-state index contributed by atoms with van der Waals surface area (Å²) in [4.78, 5) is 15.6. The number of nitrogens with zero attached hydrogens (tertiary/aromatic N) is 1. The Hall–Kier alpha value is -1.56. The number of oxime groups is 1. The predicted molar refractivity (Wildman–Crippen MR) is 78.2 cm³/mol. The molecule has 0 spiro atoms. The number of hydrogen-bond acceptors (Lipinski definition) is 4. The van der Waals surface area contributed by atoms with Crippen molar-refractivity contribution < 1.29 is 19.5 Å². The number of carboxylic acid groups (broad SMARTS) is 1. The van der Waals surface area contributed by atoms with Gasteiger partial charge >= 0.3 is 5.97 Å². The Labute approximate surface area is 125 Å². The molecule has 0 aromatic heterocycles. The van der Waals surface area contributed by atoms with Gasteiger partial charge in [0, 0.05) is 16.5 Å². The minimum atomic E-state index is -0.821. The quantitative estimate of drug-likeness (QED) is 0.659. The maximum Gasteiger partial charge on any atom is 0.303 e. The van der Waals surface area contributed by atoms with Crippen LogP contribution in [-0.4, -0.2) is 30.0 Å². The van der Waals surface area contributed by atoms with E-state index in [1.807, 2.05) is 18.2 Å². The molecule has 1 aliphatic heterocycles. The molecule has 5 nitrogen and oxygen atoms in total. The highest BCUT2D eigenvalue weighted by Crippen LogP contribution is 2.27. The lowest BCUT2D eigenvalue weighted by atomic mass is 10.1. The summed E-state index contributed by atoms with van der Waals surface area (Å²) in [5, 5.41) is 12.7. The van der Waals surface area contributed by atoms with E-state index in [1.165, 1.54) is 0 Å². The van der Waals surface area contributed by atoms with Gasteiger partial charge in [-0.1, -0.05) is 21.1 Å². The average molecular weight is 342 g/mol. The van der Waals surface area contributed by atoms with Crippen LogP contribution in [0.4, 0.5) is 0 Å². The molecular weight excluding hydrogens is 326 g/mol. The molecule has 0 radical (unpaired) electrons. The fraction of sp³-hybridized carbons (Fsp3) is 0.429. The second kappa shape index (κ2) is 7.28. The number of carbonyl (C=O) groups is 1. The second-order valence-corrected chi connectivity index (χ2v) is 5.38. The van der Waals surface area contributed by atoms with Crippen molar-refractivity contribution in [2.45, 2.75) is 25.7 Å². The number of benzene rings is 1. The topological polar surface area (TPSA) is 68.1 Å². The van der Waals surface area contributed by atoms with Gasteiger partial charge in [-0.05, 0) is 37.5 Å². The van der Waals surface area contributed by atoms with E-state index in [0.29, 0.717) is 19.6 Å². The van der Waals surface area contributed by atoms with Crippen LogP contribution in [0, 0.1) is 0 Å². The van der Waals surface area contributed by atoms with Crippen molar-refractivity contribution in [2.24, 2.45) is 5.16 Å². The van der Waals surface area contributed by atoms with Gasteiger partial charge in [0.1, 0.15) is 12.4 Å². The summed E-state index contributed by atoms with van der Waals surface area (Å²) in [7, 11) is 0. The molecule has 0 saturated heterocycles. The summed E-state index contributed by atoms with van der Waals surface area (Å²) in [5.74, 6) is -0.0167. The summed E-state index contributed by atoms with van der Waals surface area (Å²) in [6.45, 7) is 0.965. The van der Waals surface area contributed by atoms with Crippen LogP contribution < -0.4 is 4.74 Å². The molecule has 0 saturated carbocycles. The Bertz CT molecular complexity index is 516. The third-order valence-electron chi connectivity index (χ3n) is 2.87. The molecule has 1 aromatic carbocycles. The molecule has 0 bridgehead atoms. The zero-order valence-electron chi connectivity index (χ0n) is 11.0. The number of ether oxygens (including phenoxy) is 1. The van der Waals surface area contributed by atoms with E-state index in [9.17, 15) is 4.79 Å². The summed E-state index contributed by atoms with van der Waals surface area (Å²) in [6.07, 6.45) is 2.20. The second-order valence-electron chi connectivity index (χ2n) is 4.46. The van der Waals surface area contributed by atoms with E-state index in [2.05, 4.69) is 21.1 Å². The molecule has 0 atom stereocenters. The largest absolute Gasteiger partial charge is 0.493 e. The monoisotopic (exact) mass is 341 g/mol. The first kappa shape index (κ1) is 14.8. The highest BCUT2D eigenvalue weighted by molar-refractivity contribution is 9.10. The van der Waals surface area contributed by atoms with Gasteiger partial charge in [-0.25, -0.2) is 0 Å². The van der Waals surface area contributed by atoms with Crippen LogP contribution in [0.1, 0.15) is 31.2 Å². The van der Waals surface area contributed by atoms with Gasteiger partial charge < -0.3 is 14.7 Å². The van der Waals surface area contributed by atoms with Crippen LogP contribution in [0.2, 0.25) is 0 Å². The van der Waals surface area contributed by atoms with Crippen molar-refractivity contribution >= 4 is 27.6 Å². The maximum atomic E-state index is 10.4. The zero-order chi connectivity index (χ0) is 14.4. The maximum absolute atomic E-state index is 10.4. The Balaban J connectivity index is 2.03. The Morgan fingerprint density at radius 1 is 1.50 bits per heavy atom. The van der Waals surface area contributed by atoms with Crippen molar-refractivity contribution in [3.63, 3.8) is 0 Å². The van der Waals surface area contributed by atoms with Crippen LogP contribution in [0.3, 0.4) is 0 Å². The third kappa shape index (κ3) is 4.23. The van der Waals surface area contributed by atoms with Crippen molar-refractivity contribution in [3.05, 3.63) is 28.2 Å². The average Bonchev–Trinajstić information content (AvgIpc) is 2.60. The number of aliphatic carboxylic acids is 1. The Kier molecular flexibility index (Phi) is 5.40. The first-order chi connectivity index (χ1) is 9.66. The van der Waals surface area contributed by atoms with Gasteiger partial charge in [-0.15, -0.1) is 0 Å². The first-order valence-electron chi connectivity index (χ1n) is 6.50. The standard InChI is InChI=1S/C14H16BrNO4/c15-10-5-6-13-11(9-10)12(3-1-7-19-13)16-20-8-2-4-14(17)18/h5-6,9H,1-4,7-8H2,(H,17,18)/b16-12+. The van der Waals surface area contributed by atoms with E-state index in [-0.39, 0.29) is 6.42 Å². The summed E-state index contributed by atoms with van der Waals surface area (Å²) in [5.41, 5.74) is 1.77. The molecule has 108 valence electrons. The van der Waals surface area contributed by atoms with Gasteiger partial charge in [0.2, 0.25) is 0 Å². The molecule has 0 amide bonds. The molecule has 1 heterocycles. The highest BCUT2D eigenvalue weighted by Gasteiger charge is 2.16. The summed E-state index contributed by atoms with van der Waals surface area (Å²) >= 11 is 3.44. The minimum Gasteiger partial charge on any atom is -0.493 e. The molecule has 20 heavy (non-hydrogen) atoms. The molecule has 1 aliphatic rings. The van der Waals surface area contributed by atoms with Crippen molar-refractivity contribution in [3.8, 4) is 5.75 Å². The lowest BCUT2D eigenvalue weighted by Gasteiger charge is -2.08. The Morgan fingerprint density at radius 3 is 3.15 bits per heavy atom. The molecule has 0 unspecified atom stereocenters. The van der Waals surface area contributed by atoms with E-state index in [0.717, 1.165) is 34.3 Å². The van der Waals surface area contributed by atoms with Crippen LogP contribution >= 0.6 is 15.9 Å². The van der Waals surface area contributed by atoms with Crippen LogP contribution in [0.5, 0.6) is 5.75 Å². The molecule has 1 N–H and O–H groups in total. The van der Waals surface area contributed by atoms with Crippen LogP contribution in [-0.2, 0) is 9.63 Å². The molecule has 1 aromatic rings. The number of halogens is 1. The number of rotatable bonds is 5. The number of carboxylic acids is 1.